The van der Waals surface area contributed by atoms with Crippen LogP contribution in [0.1, 0.15) is 59.9 Å². The van der Waals surface area contributed by atoms with E-state index in [1.807, 2.05) is 12.1 Å². The highest BCUT2D eigenvalue weighted by atomic mass is 16.5. The van der Waals surface area contributed by atoms with Gasteiger partial charge in [0.2, 0.25) is 0 Å². The van der Waals surface area contributed by atoms with Crippen molar-refractivity contribution >= 4 is 21.9 Å². The van der Waals surface area contributed by atoms with E-state index >= 15 is 0 Å². The van der Waals surface area contributed by atoms with Crippen LogP contribution in [0, 0.1) is 23.2 Å². The molecule has 2 bridgehead atoms. The number of nitrogens with zero attached hydrogens (tertiary/aromatic N) is 2. The smallest absolute Gasteiger partial charge is 0.160 e. The lowest BCUT2D eigenvalue weighted by Gasteiger charge is -2.66. The van der Waals surface area contributed by atoms with Gasteiger partial charge in [-0.2, -0.15) is 0 Å². The zero-order chi connectivity index (χ0) is 39.7. The molecule has 4 fully saturated rings. The lowest BCUT2D eigenvalue weighted by Crippen LogP contribution is -2.59. The van der Waals surface area contributed by atoms with E-state index in [0.29, 0.717) is 10.8 Å². The Kier molecular flexibility index (Phi) is 6.12. The molecule has 4 nitrogen and oxygen atoms in total. The molecule has 4 heteroatoms. The van der Waals surface area contributed by atoms with Crippen molar-refractivity contribution in [2.45, 2.75) is 42.9 Å². The van der Waals surface area contributed by atoms with Gasteiger partial charge < -0.3 is 9.15 Å². The van der Waals surface area contributed by atoms with Crippen LogP contribution < -0.4 is 4.74 Å². The number of aromatic nitrogens is 2. The number of ether oxygens (including phenoxy) is 1. The molecule has 6 aliphatic rings. The third-order valence-electron chi connectivity index (χ3n) is 16.6. The topological polar surface area (TPSA) is 48.2 Å². The lowest BCUT2D eigenvalue weighted by atomic mass is 9.38. The molecule has 0 amide bonds. The van der Waals surface area contributed by atoms with Gasteiger partial charge in [-0.3, -0.25) is 0 Å². The number of hydrogen-bond acceptors (Lipinski definition) is 4. The minimum absolute atomic E-state index is 0.360. The van der Waals surface area contributed by atoms with Crippen LogP contribution in [0.15, 0.2) is 168 Å². The maximum atomic E-state index is 6.59. The van der Waals surface area contributed by atoms with Crippen molar-refractivity contribution in [1.29, 1.82) is 0 Å². The molecular formula is C57H40N2O2. The summed E-state index contributed by atoms with van der Waals surface area (Å²) in [5, 5.41) is 2.23. The first-order chi connectivity index (χ1) is 30.1. The largest absolute Gasteiger partial charge is 0.457 e. The van der Waals surface area contributed by atoms with E-state index < -0.39 is 5.41 Å². The fourth-order valence-corrected chi connectivity index (χ4v) is 14.2. The fourth-order valence-electron chi connectivity index (χ4n) is 14.2. The van der Waals surface area contributed by atoms with Gasteiger partial charge in [0.15, 0.2) is 5.82 Å². The van der Waals surface area contributed by atoms with Crippen molar-refractivity contribution in [3.05, 3.63) is 192 Å². The molecular weight excluding hydrogens is 745 g/mol. The van der Waals surface area contributed by atoms with Crippen LogP contribution in [0.4, 0.5) is 0 Å². The molecule has 2 aromatic heterocycles. The van der Waals surface area contributed by atoms with Crippen LogP contribution in [-0.4, -0.2) is 9.97 Å². The maximum absolute atomic E-state index is 6.59. The Morgan fingerprint density at radius 3 is 1.82 bits per heavy atom. The molecule has 0 saturated heterocycles. The second kappa shape index (κ2) is 11.3. The first-order valence-corrected chi connectivity index (χ1v) is 22.1. The Morgan fingerprint density at radius 2 is 1.08 bits per heavy atom. The number of rotatable bonds is 4. The minimum Gasteiger partial charge on any atom is -0.457 e. The molecule has 0 N–H and O–H groups in total. The van der Waals surface area contributed by atoms with Gasteiger partial charge in [0.05, 0.1) is 16.8 Å². The van der Waals surface area contributed by atoms with Gasteiger partial charge in [-0.1, -0.05) is 121 Å². The maximum Gasteiger partial charge on any atom is 0.160 e. The zero-order valence-electron chi connectivity index (χ0n) is 33.6. The van der Waals surface area contributed by atoms with Crippen LogP contribution in [0.5, 0.6) is 11.5 Å². The summed E-state index contributed by atoms with van der Waals surface area (Å²) in [6, 6.07) is 59.3. The van der Waals surface area contributed by atoms with Crippen LogP contribution >= 0.6 is 0 Å². The molecule has 61 heavy (non-hydrogen) atoms. The summed E-state index contributed by atoms with van der Waals surface area (Å²) in [5.74, 6) is 5.47. The molecule has 290 valence electrons. The third-order valence-corrected chi connectivity index (χ3v) is 16.6. The van der Waals surface area contributed by atoms with Gasteiger partial charge >= 0.3 is 0 Å². The zero-order valence-corrected chi connectivity index (χ0v) is 33.6. The predicted molar refractivity (Wildman–Crippen MR) is 241 cm³/mol. The lowest BCUT2D eigenvalue weighted by molar-refractivity contribution is -0.175. The molecule has 0 radical (unpaired) electrons. The van der Waals surface area contributed by atoms with Crippen LogP contribution in [-0.2, 0) is 10.8 Å². The van der Waals surface area contributed by atoms with Crippen molar-refractivity contribution < 1.29 is 9.15 Å². The molecule has 5 atom stereocenters. The average molecular weight is 785 g/mol. The molecule has 9 aromatic rings. The molecule has 1 aliphatic heterocycles. The summed E-state index contributed by atoms with van der Waals surface area (Å²) in [6.45, 7) is 0. The van der Waals surface area contributed by atoms with E-state index in [1.165, 1.54) is 71.0 Å². The van der Waals surface area contributed by atoms with E-state index in [1.54, 1.807) is 0 Å². The first kappa shape index (κ1) is 33.0. The van der Waals surface area contributed by atoms with Gasteiger partial charge in [-0.05, 0) is 131 Å². The highest BCUT2D eigenvalue weighted by molar-refractivity contribution is 6.06. The minimum atomic E-state index is -0.515. The molecule has 3 unspecified atom stereocenters. The summed E-state index contributed by atoms with van der Waals surface area (Å²) < 4.78 is 13.0. The molecule has 5 aliphatic carbocycles. The molecule has 4 saturated carbocycles. The number of hydrogen-bond donors (Lipinski definition) is 0. The number of para-hydroxylation sites is 3. The van der Waals surface area contributed by atoms with Crippen molar-refractivity contribution in [3.8, 4) is 56.5 Å². The highest BCUT2D eigenvalue weighted by Gasteiger charge is 2.77. The van der Waals surface area contributed by atoms with Crippen LogP contribution in [0.25, 0.3) is 67.0 Å². The Balaban J connectivity index is 0.902. The monoisotopic (exact) mass is 784 g/mol. The average Bonchev–Trinajstić information content (AvgIpc) is 4.02. The SMILES string of the molecule is c1ccc2c(c1)Oc1ccccc1C21c2ccccc2-c2cc(-c3cc(-c4ccc5c(c4)oc4ccccc45)nc(-c4ccc(C56C[C@H]7CC8C[C@@H](C5)C87C6)cc4)n3)ccc21. The van der Waals surface area contributed by atoms with Gasteiger partial charge in [0.25, 0.3) is 0 Å². The van der Waals surface area contributed by atoms with Crippen molar-refractivity contribution in [1.82, 2.24) is 9.97 Å². The number of benzene rings is 7. The normalized spacial score (nSPS) is 25.0. The van der Waals surface area contributed by atoms with E-state index in [2.05, 4.69) is 152 Å². The summed E-state index contributed by atoms with van der Waals surface area (Å²) in [6.07, 6.45) is 7.12. The van der Waals surface area contributed by atoms with E-state index in [4.69, 9.17) is 19.1 Å². The predicted octanol–water partition coefficient (Wildman–Crippen LogP) is 13.9. The van der Waals surface area contributed by atoms with Crippen LogP contribution in [0.2, 0.25) is 0 Å². The number of furan rings is 1. The second-order valence-electron chi connectivity index (χ2n) is 19.0. The Morgan fingerprint density at radius 1 is 0.475 bits per heavy atom. The van der Waals surface area contributed by atoms with Gasteiger partial charge in [-0.15, -0.1) is 0 Å². The van der Waals surface area contributed by atoms with Gasteiger partial charge in [0.1, 0.15) is 22.7 Å². The molecule has 2 spiro atoms. The standard InChI is InChI=1S/C57H40N2O2/c1-3-11-44-40(9-1)43-25-34(20-24-45(43)57(44)46-12-4-7-15-51(46)61-52-16-8-5-13-47(52)57)48-29-49(35-19-23-42-41-10-2-6-14-50(41)60-53(42)26-35)59-54(58-48)33-17-21-36(22-18-33)55-30-38-27-37-28-39(31-55)56(37,38)32-55/h1-26,29,37-39H,27-28,30-32H2/t37?,38-,39+,55?,56?. The van der Waals surface area contributed by atoms with Crippen LogP contribution in [0.3, 0.4) is 0 Å². The number of fused-ring (bicyclic) bond motifs is 13. The van der Waals surface area contributed by atoms with Gasteiger partial charge in [-0.25, -0.2) is 9.97 Å². The third kappa shape index (κ3) is 4.07. The van der Waals surface area contributed by atoms with E-state index in [-0.39, 0.29) is 0 Å². The molecule has 3 heterocycles. The summed E-state index contributed by atoms with van der Waals surface area (Å²) in [4.78, 5) is 10.8. The van der Waals surface area contributed by atoms with Crippen molar-refractivity contribution in [2.24, 2.45) is 23.2 Å². The molecule has 15 rings (SSSR count). The quantitative estimate of drug-likeness (QED) is 0.178. The van der Waals surface area contributed by atoms with Crippen molar-refractivity contribution in [3.63, 3.8) is 0 Å². The van der Waals surface area contributed by atoms with Crippen molar-refractivity contribution in [2.75, 3.05) is 0 Å². The first-order valence-electron chi connectivity index (χ1n) is 22.1. The summed E-state index contributed by atoms with van der Waals surface area (Å²) in [5.41, 5.74) is 16.0. The summed E-state index contributed by atoms with van der Waals surface area (Å²) >= 11 is 0. The van der Waals surface area contributed by atoms with Gasteiger partial charge in [0, 0.05) is 38.6 Å². The van der Waals surface area contributed by atoms with E-state index in [0.717, 1.165) is 85.1 Å². The Labute approximate surface area is 353 Å². The molecule has 7 aromatic carbocycles. The second-order valence-corrected chi connectivity index (χ2v) is 19.0. The Bertz CT molecular complexity index is 3310. The fraction of sp³-hybridized carbons (Fsp3) is 0.193. The highest BCUT2D eigenvalue weighted by Crippen LogP contribution is 2.84. The summed E-state index contributed by atoms with van der Waals surface area (Å²) in [7, 11) is 0. The Hall–Kier alpha value is -6.78. The van der Waals surface area contributed by atoms with E-state index in [9.17, 15) is 0 Å².